The summed E-state index contributed by atoms with van der Waals surface area (Å²) in [6.07, 6.45) is 3.39. The second-order valence-electron chi connectivity index (χ2n) is 6.32. The van der Waals surface area contributed by atoms with E-state index in [1.807, 2.05) is 19.9 Å². The number of anilines is 1. The molecule has 22 heavy (non-hydrogen) atoms. The fourth-order valence-electron chi connectivity index (χ4n) is 3.97. The Labute approximate surface area is 134 Å². The van der Waals surface area contributed by atoms with Gasteiger partial charge in [0, 0.05) is 31.2 Å². The number of halogens is 1. The van der Waals surface area contributed by atoms with Crippen LogP contribution in [-0.2, 0) is 5.41 Å². The second kappa shape index (κ2) is 7.42. The molecule has 0 saturated carbocycles. The van der Waals surface area contributed by atoms with Crippen LogP contribution < -0.4 is 10.6 Å². The van der Waals surface area contributed by atoms with E-state index in [-0.39, 0.29) is 11.2 Å². The molecular formula is C18H30FN3. The van der Waals surface area contributed by atoms with Crippen LogP contribution in [0.3, 0.4) is 0 Å². The first kappa shape index (κ1) is 17.2. The molecule has 2 aliphatic heterocycles. The van der Waals surface area contributed by atoms with Gasteiger partial charge in [-0.2, -0.15) is 0 Å². The number of benzene rings is 1. The van der Waals surface area contributed by atoms with Crippen LogP contribution in [0.25, 0.3) is 0 Å². The Hall–Kier alpha value is -1.13. The van der Waals surface area contributed by atoms with Gasteiger partial charge >= 0.3 is 0 Å². The van der Waals surface area contributed by atoms with E-state index in [0.717, 1.165) is 45.6 Å². The van der Waals surface area contributed by atoms with Gasteiger partial charge in [0.2, 0.25) is 0 Å². The Morgan fingerprint density at radius 2 is 2.05 bits per heavy atom. The number of likely N-dealkylation sites (N-methyl/N-ethyl adjacent to an activating group) is 1. The Morgan fingerprint density at radius 1 is 1.27 bits per heavy atom. The maximum absolute atomic E-state index is 13.7. The third-order valence-corrected chi connectivity index (χ3v) is 4.82. The molecule has 1 atom stereocenters. The van der Waals surface area contributed by atoms with E-state index >= 15 is 0 Å². The van der Waals surface area contributed by atoms with E-state index in [1.165, 1.54) is 17.7 Å². The van der Waals surface area contributed by atoms with Crippen LogP contribution in [-0.4, -0.2) is 44.7 Å². The largest absolute Gasteiger partial charge is 0.373 e. The minimum absolute atomic E-state index is 0.110. The van der Waals surface area contributed by atoms with Gasteiger partial charge in [0.05, 0.1) is 0 Å². The number of likely N-dealkylation sites (tertiary alicyclic amines) is 1. The summed E-state index contributed by atoms with van der Waals surface area (Å²) in [7, 11) is 2.12. The summed E-state index contributed by atoms with van der Waals surface area (Å²) in [6, 6.07) is 5.26. The number of hydrogen-bond acceptors (Lipinski definition) is 3. The van der Waals surface area contributed by atoms with Gasteiger partial charge in [0.25, 0.3) is 0 Å². The minimum atomic E-state index is -0.113. The molecule has 0 bridgehead atoms. The summed E-state index contributed by atoms with van der Waals surface area (Å²) in [6.45, 7) is 9.00. The fraction of sp³-hybridized carbons (Fsp3) is 0.667. The molecular weight excluding hydrogens is 277 g/mol. The molecule has 0 radical (unpaired) electrons. The van der Waals surface area contributed by atoms with Gasteiger partial charge in [0.15, 0.2) is 0 Å². The minimum Gasteiger partial charge on any atom is -0.373 e. The Kier molecular flexibility index (Phi) is 5.81. The van der Waals surface area contributed by atoms with Crippen molar-refractivity contribution in [2.24, 2.45) is 5.73 Å². The summed E-state index contributed by atoms with van der Waals surface area (Å²) in [5.74, 6) is -0.113. The average molecular weight is 307 g/mol. The predicted octanol–water partition coefficient (Wildman–Crippen LogP) is 2.98. The lowest BCUT2D eigenvalue weighted by molar-refractivity contribution is 0.154. The van der Waals surface area contributed by atoms with Gasteiger partial charge in [0.1, 0.15) is 5.82 Å². The number of hydrogen-bond donors (Lipinski definition) is 1. The quantitative estimate of drug-likeness (QED) is 0.932. The summed E-state index contributed by atoms with van der Waals surface area (Å²) in [4.78, 5) is 4.78. The van der Waals surface area contributed by atoms with E-state index in [4.69, 9.17) is 5.73 Å². The van der Waals surface area contributed by atoms with Crippen molar-refractivity contribution in [1.82, 2.24) is 4.90 Å². The number of nitrogens with zero attached hydrogens (tertiary/aromatic N) is 2. The molecule has 1 saturated heterocycles. The zero-order valence-corrected chi connectivity index (χ0v) is 14.2. The van der Waals surface area contributed by atoms with Crippen molar-refractivity contribution >= 4 is 5.69 Å². The van der Waals surface area contributed by atoms with Gasteiger partial charge < -0.3 is 15.5 Å². The van der Waals surface area contributed by atoms with Crippen LogP contribution in [0.4, 0.5) is 10.1 Å². The first-order chi connectivity index (χ1) is 10.6. The molecule has 1 aromatic rings. The summed E-state index contributed by atoms with van der Waals surface area (Å²) in [5.41, 5.74) is 8.14. The molecule has 2 heterocycles. The third kappa shape index (κ3) is 3.28. The lowest BCUT2D eigenvalue weighted by atomic mass is 9.75. The van der Waals surface area contributed by atoms with Crippen LogP contribution >= 0.6 is 0 Å². The van der Waals surface area contributed by atoms with Crippen LogP contribution in [0.15, 0.2) is 18.2 Å². The molecule has 2 N–H and O–H groups in total. The maximum atomic E-state index is 13.7. The first-order valence-electron chi connectivity index (χ1n) is 8.58. The van der Waals surface area contributed by atoms with E-state index < -0.39 is 0 Å². The average Bonchev–Trinajstić information content (AvgIpc) is 2.79. The summed E-state index contributed by atoms with van der Waals surface area (Å²) in [5, 5.41) is 0. The van der Waals surface area contributed by atoms with Crippen LogP contribution in [0.2, 0.25) is 0 Å². The number of fused-ring (bicyclic) bond motifs is 2. The van der Waals surface area contributed by atoms with Crippen LogP contribution in [0.1, 0.15) is 38.7 Å². The third-order valence-electron chi connectivity index (χ3n) is 4.82. The Balaban J connectivity index is 0.000000847. The second-order valence-corrected chi connectivity index (χ2v) is 6.32. The van der Waals surface area contributed by atoms with Gasteiger partial charge in [-0.15, -0.1) is 0 Å². The van der Waals surface area contributed by atoms with Crippen molar-refractivity contribution in [3.05, 3.63) is 29.6 Å². The van der Waals surface area contributed by atoms with Gasteiger partial charge in [-0.3, -0.25) is 0 Å². The molecule has 3 rings (SSSR count). The number of piperidine rings is 1. The lowest BCUT2D eigenvalue weighted by Gasteiger charge is -2.41. The van der Waals surface area contributed by atoms with Crippen molar-refractivity contribution in [2.75, 3.05) is 44.7 Å². The van der Waals surface area contributed by atoms with Crippen molar-refractivity contribution in [3.63, 3.8) is 0 Å². The van der Waals surface area contributed by atoms with E-state index in [1.54, 1.807) is 12.1 Å². The van der Waals surface area contributed by atoms with Crippen molar-refractivity contribution < 1.29 is 4.39 Å². The predicted molar refractivity (Wildman–Crippen MR) is 92.0 cm³/mol. The number of nitrogens with two attached hydrogens (primary N) is 1. The molecule has 3 nitrogen and oxygen atoms in total. The van der Waals surface area contributed by atoms with E-state index in [2.05, 4.69) is 16.8 Å². The zero-order valence-electron chi connectivity index (χ0n) is 14.2. The van der Waals surface area contributed by atoms with Crippen molar-refractivity contribution in [3.8, 4) is 0 Å². The molecule has 1 unspecified atom stereocenters. The molecule has 0 aromatic heterocycles. The SMILES string of the molecule is CC.CN1CC2(CCCN(CCCN)C2)c2cc(F)ccc21. The first-order valence-corrected chi connectivity index (χ1v) is 8.58. The Morgan fingerprint density at radius 3 is 2.77 bits per heavy atom. The normalized spacial score (nSPS) is 24.1. The van der Waals surface area contributed by atoms with Crippen molar-refractivity contribution in [1.29, 1.82) is 0 Å². The molecule has 0 amide bonds. The van der Waals surface area contributed by atoms with Crippen LogP contribution in [0.5, 0.6) is 0 Å². The Bertz CT molecular complexity index is 491. The molecule has 2 aliphatic rings. The smallest absolute Gasteiger partial charge is 0.123 e. The molecule has 1 fully saturated rings. The topological polar surface area (TPSA) is 32.5 Å². The maximum Gasteiger partial charge on any atom is 0.123 e. The van der Waals surface area contributed by atoms with Gasteiger partial charge in [-0.05, 0) is 62.7 Å². The van der Waals surface area contributed by atoms with Crippen molar-refractivity contribution in [2.45, 2.75) is 38.5 Å². The molecule has 4 heteroatoms. The lowest BCUT2D eigenvalue weighted by Crippen LogP contribution is -2.48. The monoisotopic (exact) mass is 307 g/mol. The summed E-state index contributed by atoms with van der Waals surface area (Å²) >= 11 is 0. The summed E-state index contributed by atoms with van der Waals surface area (Å²) < 4.78 is 13.7. The van der Waals surface area contributed by atoms with Gasteiger partial charge in [-0.25, -0.2) is 4.39 Å². The molecule has 0 aliphatic carbocycles. The standard InChI is InChI=1S/C16H24FN3.C2H6/c1-19-11-16(14-10-13(17)4-5-15(14)19)6-2-8-20(12-16)9-3-7-18;1-2/h4-5,10H,2-3,6-9,11-12,18H2,1H3;1-2H3. The highest BCUT2D eigenvalue weighted by molar-refractivity contribution is 5.62. The zero-order chi connectivity index (χ0) is 16.2. The highest BCUT2D eigenvalue weighted by Crippen LogP contribution is 2.45. The van der Waals surface area contributed by atoms with Crippen LogP contribution in [0, 0.1) is 5.82 Å². The highest BCUT2D eigenvalue weighted by atomic mass is 19.1. The molecule has 1 aromatic carbocycles. The molecule has 124 valence electrons. The number of rotatable bonds is 3. The van der Waals surface area contributed by atoms with Gasteiger partial charge in [-0.1, -0.05) is 13.8 Å². The van der Waals surface area contributed by atoms with E-state index in [9.17, 15) is 4.39 Å². The van der Waals surface area contributed by atoms with E-state index in [0.29, 0.717) is 0 Å². The fourth-order valence-corrected chi connectivity index (χ4v) is 3.97. The molecule has 1 spiro atoms. The highest BCUT2D eigenvalue weighted by Gasteiger charge is 2.44.